The fourth-order valence-electron chi connectivity index (χ4n) is 3.96. The lowest BCUT2D eigenvalue weighted by Crippen LogP contribution is -2.41. The highest BCUT2D eigenvalue weighted by Gasteiger charge is 2.40. The number of hydrogen-bond acceptors (Lipinski definition) is 5. The van der Waals surface area contributed by atoms with Crippen LogP contribution in [0, 0.1) is 0 Å². The second kappa shape index (κ2) is 6.30. The number of anilines is 1. The van der Waals surface area contributed by atoms with Crippen molar-refractivity contribution in [3.05, 3.63) is 42.5 Å². The average molecular weight is 362 g/mol. The minimum Gasteiger partial charge on any atom is -0.367 e. The molecule has 2 fully saturated rings. The summed E-state index contributed by atoms with van der Waals surface area (Å²) in [7, 11) is 0. The molecule has 1 aliphatic carbocycles. The van der Waals surface area contributed by atoms with Crippen molar-refractivity contribution >= 4 is 11.5 Å². The molecule has 3 aromatic heterocycles. The quantitative estimate of drug-likeness (QED) is 0.745. The second-order valence-electron chi connectivity index (χ2n) is 8.33. The van der Waals surface area contributed by atoms with E-state index < -0.39 is 0 Å². The van der Waals surface area contributed by atoms with Crippen LogP contribution in [0.4, 0.5) is 5.82 Å². The molecule has 4 heterocycles. The number of fused-ring (bicyclic) bond motifs is 1. The van der Waals surface area contributed by atoms with Gasteiger partial charge in [-0.1, -0.05) is 13.0 Å². The first-order valence-corrected chi connectivity index (χ1v) is 9.92. The number of nitrogens with zero attached hydrogens (tertiary/aromatic N) is 4. The number of imidazole rings is 1. The predicted octanol–water partition coefficient (Wildman–Crippen LogP) is 3.40. The number of pyridine rings is 1. The van der Waals surface area contributed by atoms with Gasteiger partial charge in [0, 0.05) is 23.7 Å². The molecular formula is C21H26N6. The number of rotatable bonds is 4. The Kier molecular flexibility index (Phi) is 3.90. The third-order valence-corrected chi connectivity index (χ3v) is 6.00. The summed E-state index contributed by atoms with van der Waals surface area (Å²) in [5.74, 6) is 0.935. The van der Waals surface area contributed by atoms with E-state index in [1.807, 2.05) is 12.4 Å². The van der Waals surface area contributed by atoms with Gasteiger partial charge in [0.05, 0.1) is 29.5 Å². The summed E-state index contributed by atoms with van der Waals surface area (Å²) in [6, 6.07) is 7.19. The van der Waals surface area contributed by atoms with Crippen LogP contribution in [0.1, 0.15) is 45.2 Å². The highest BCUT2D eigenvalue weighted by Crippen LogP contribution is 2.46. The van der Waals surface area contributed by atoms with Gasteiger partial charge >= 0.3 is 0 Å². The molecular weight excluding hydrogens is 336 g/mol. The zero-order chi connectivity index (χ0) is 18.4. The van der Waals surface area contributed by atoms with Crippen LogP contribution in [0.3, 0.4) is 0 Å². The Bertz CT molecular complexity index is 974. The van der Waals surface area contributed by atoms with Crippen molar-refractivity contribution in [3.8, 4) is 11.4 Å². The van der Waals surface area contributed by atoms with E-state index in [0.717, 1.165) is 47.9 Å². The third kappa shape index (κ3) is 3.18. The van der Waals surface area contributed by atoms with E-state index in [-0.39, 0.29) is 5.41 Å². The zero-order valence-electron chi connectivity index (χ0n) is 15.9. The van der Waals surface area contributed by atoms with E-state index in [2.05, 4.69) is 63.2 Å². The van der Waals surface area contributed by atoms with Crippen LogP contribution in [-0.4, -0.2) is 38.0 Å². The Hall–Kier alpha value is -2.47. The normalized spacial score (nSPS) is 24.1. The van der Waals surface area contributed by atoms with Gasteiger partial charge in [0.1, 0.15) is 5.82 Å². The summed E-state index contributed by atoms with van der Waals surface area (Å²) in [5.41, 5.74) is 4.20. The van der Waals surface area contributed by atoms with Crippen molar-refractivity contribution in [1.82, 2.24) is 24.7 Å². The van der Waals surface area contributed by atoms with Gasteiger partial charge in [-0.25, -0.2) is 9.97 Å². The number of hydrogen-bond donors (Lipinski definition) is 2. The highest BCUT2D eigenvalue weighted by atomic mass is 15.1. The highest BCUT2D eigenvalue weighted by molar-refractivity contribution is 5.61. The van der Waals surface area contributed by atoms with Crippen LogP contribution >= 0.6 is 0 Å². The topological polar surface area (TPSA) is 67.1 Å². The van der Waals surface area contributed by atoms with Gasteiger partial charge < -0.3 is 10.6 Å². The molecule has 0 radical (unpaired) electrons. The van der Waals surface area contributed by atoms with Gasteiger partial charge in [0.25, 0.3) is 0 Å². The molecule has 27 heavy (non-hydrogen) atoms. The minimum atomic E-state index is 0.234. The van der Waals surface area contributed by atoms with Crippen LogP contribution in [0.25, 0.3) is 17.0 Å². The smallest absolute Gasteiger partial charge is 0.155 e. The second-order valence-corrected chi connectivity index (χ2v) is 8.33. The molecule has 2 atom stereocenters. The van der Waals surface area contributed by atoms with Crippen molar-refractivity contribution < 1.29 is 0 Å². The predicted molar refractivity (Wildman–Crippen MR) is 107 cm³/mol. The first kappa shape index (κ1) is 16.7. The van der Waals surface area contributed by atoms with Crippen LogP contribution in [0.15, 0.2) is 36.8 Å². The fourth-order valence-corrected chi connectivity index (χ4v) is 3.96. The molecule has 1 aliphatic heterocycles. The number of aromatic nitrogens is 4. The standard InChI is InChI=1S/C21H26N6/c1-14-10-15(6-9-22-14)25-19-5-3-4-16(26-19)17-11-24-20-12-23-18(13-27(17)20)21(2)7-8-21/h3-5,11-15,22H,6-10H2,1-2H3,(H,25,26)/t14-,15-/m0/s1. The molecule has 2 aliphatic rings. The lowest BCUT2D eigenvalue weighted by molar-refractivity contribution is 0.396. The maximum atomic E-state index is 4.88. The Morgan fingerprint density at radius 3 is 2.93 bits per heavy atom. The number of piperidine rings is 1. The molecule has 3 aromatic rings. The summed E-state index contributed by atoms with van der Waals surface area (Å²) in [6.45, 7) is 5.57. The Balaban J connectivity index is 1.46. The van der Waals surface area contributed by atoms with E-state index in [1.54, 1.807) is 0 Å². The maximum absolute atomic E-state index is 4.88. The molecule has 5 rings (SSSR count). The third-order valence-electron chi connectivity index (χ3n) is 6.00. The molecule has 140 valence electrons. The molecule has 0 aromatic carbocycles. The SMILES string of the molecule is C[C@H]1C[C@@H](Nc2cccc(-c3cnc4cnc(C5(C)CC5)cn34)n2)CCN1. The Morgan fingerprint density at radius 1 is 1.22 bits per heavy atom. The van der Waals surface area contributed by atoms with E-state index in [4.69, 9.17) is 4.98 Å². The van der Waals surface area contributed by atoms with Crippen molar-refractivity contribution in [2.24, 2.45) is 0 Å². The van der Waals surface area contributed by atoms with Gasteiger partial charge in [-0.2, -0.15) is 0 Å². The first-order valence-electron chi connectivity index (χ1n) is 9.92. The fraction of sp³-hybridized carbons (Fsp3) is 0.476. The van der Waals surface area contributed by atoms with Crippen LogP contribution in [0.5, 0.6) is 0 Å². The van der Waals surface area contributed by atoms with Gasteiger partial charge in [0.2, 0.25) is 0 Å². The molecule has 2 N–H and O–H groups in total. The van der Waals surface area contributed by atoms with Crippen LogP contribution < -0.4 is 10.6 Å². The molecule has 0 spiro atoms. The van der Waals surface area contributed by atoms with Crippen molar-refractivity contribution in [2.75, 3.05) is 11.9 Å². The monoisotopic (exact) mass is 362 g/mol. The lowest BCUT2D eigenvalue weighted by Gasteiger charge is -2.29. The average Bonchev–Trinajstić information content (AvgIpc) is 3.28. The molecule has 0 bridgehead atoms. The summed E-state index contributed by atoms with van der Waals surface area (Å²) in [4.78, 5) is 14.0. The summed E-state index contributed by atoms with van der Waals surface area (Å²) in [5, 5.41) is 7.11. The number of nitrogens with one attached hydrogen (secondary N) is 2. The van der Waals surface area contributed by atoms with Gasteiger partial charge in [0.15, 0.2) is 5.65 Å². The lowest BCUT2D eigenvalue weighted by atomic mass is 10.0. The van der Waals surface area contributed by atoms with E-state index in [0.29, 0.717) is 12.1 Å². The molecule has 6 heteroatoms. The van der Waals surface area contributed by atoms with Crippen LogP contribution in [-0.2, 0) is 5.41 Å². The first-order chi connectivity index (χ1) is 13.1. The zero-order valence-corrected chi connectivity index (χ0v) is 15.9. The van der Waals surface area contributed by atoms with Crippen molar-refractivity contribution in [1.29, 1.82) is 0 Å². The molecule has 1 saturated heterocycles. The van der Waals surface area contributed by atoms with Gasteiger partial charge in [-0.05, 0) is 51.3 Å². The molecule has 1 saturated carbocycles. The summed E-state index contributed by atoms with van der Waals surface area (Å²) < 4.78 is 2.13. The summed E-state index contributed by atoms with van der Waals surface area (Å²) >= 11 is 0. The summed E-state index contributed by atoms with van der Waals surface area (Å²) in [6.07, 6.45) is 10.6. The van der Waals surface area contributed by atoms with Crippen molar-refractivity contribution in [3.63, 3.8) is 0 Å². The van der Waals surface area contributed by atoms with E-state index in [9.17, 15) is 0 Å². The van der Waals surface area contributed by atoms with Crippen molar-refractivity contribution in [2.45, 2.75) is 57.0 Å². The van der Waals surface area contributed by atoms with Gasteiger partial charge in [-0.15, -0.1) is 0 Å². The van der Waals surface area contributed by atoms with Crippen LogP contribution in [0.2, 0.25) is 0 Å². The minimum absolute atomic E-state index is 0.234. The molecule has 0 amide bonds. The largest absolute Gasteiger partial charge is 0.367 e. The maximum Gasteiger partial charge on any atom is 0.155 e. The molecule has 0 unspecified atom stereocenters. The van der Waals surface area contributed by atoms with E-state index in [1.165, 1.54) is 12.8 Å². The van der Waals surface area contributed by atoms with E-state index >= 15 is 0 Å². The molecule has 6 nitrogen and oxygen atoms in total. The van der Waals surface area contributed by atoms with Gasteiger partial charge in [-0.3, -0.25) is 9.38 Å². The Labute approximate surface area is 159 Å². The Morgan fingerprint density at radius 2 is 2.11 bits per heavy atom.